The van der Waals surface area contributed by atoms with E-state index in [2.05, 4.69) is 16.0 Å². The van der Waals surface area contributed by atoms with Gasteiger partial charge in [-0.2, -0.15) is 0 Å². The van der Waals surface area contributed by atoms with Gasteiger partial charge in [0.05, 0.1) is 30.4 Å². The highest BCUT2D eigenvalue weighted by Gasteiger charge is 2.26. The maximum atomic E-state index is 12.3. The molecule has 0 amide bonds. The van der Waals surface area contributed by atoms with E-state index in [4.69, 9.17) is 14.2 Å². The number of nitrogens with zero attached hydrogens (tertiary/aromatic N) is 2. The molecular formula is C20H20N2O4S. The smallest absolute Gasteiger partial charge is 0.363 e. The summed E-state index contributed by atoms with van der Waals surface area (Å²) in [5, 5.41) is 1.17. The molecule has 2 aliphatic heterocycles. The molecule has 0 atom stereocenters. The molecule has 0 bridgehead atoms. The number of para-hydroxylation sites is 1. The summed E-state index contributed by atoms with van der Waals surface area (Å²) in [6, 6.07) is 11.5. The molecule has 27 heavy (non-hydrogen) atoms. The van der Waals surface area contributed by atoms with Gasteiger partial charge in [0, 0.05) is 18.0 Å². The van der Waals surface area contributed by atoms with E-state index in [1.165, 1.54) is 5.00 Å². The monoisotopic (exact) mass is 384 g/mol. The van der Waals surface area contributed by atoms with Gasteiger partial charge in [-0.3, -0.25) is 0 Å². The van der Waals surface area contributed by atoms with Gasteiger partial charge in [0.15, 0.2) is 5.70 Å². The quantitative estimate of drug-likeness (QED) is 0.585. The first kappa shape index (κ1) is 17.8. The maximum Gasteiger partial charge on any atom is 0.363 e. The zero-order valence-corrected chi connectivity index (χ0v) is 15.8. The Labute approximate surface area is 161 Å². The van der Waals surface area contributed by atoms with E-state index >= 15 is 0 Å². The molecule has 0 saturated carbocycles. The van der Waals surface area contributed by atoms with Crippen molar-refractivity contribution >= 4 is 34.3 Å². The Morgan fingerprint density at radius 1 is 1.22 bits per heavy atom. The fourth-order valence-electron chi connectivity index (χ4n) is 2.96. The van der Waals surface area contributed by atoms with Gasteiger partial charge in [-0.1, -0.05) is 12.1 Å². The number of anilines is 1. The molecule has 0 radical (unpaired) electrons. The van der Waals surface area contributed by atoms with Crippen molar-refractivity contribution in [2.24, 2.45) is 4.99 Å². The number of hydrogen-bond acceptors (Lipinski definition) is 7. The Morgan fingerprint density at radius 3 is 2.85 bits per heavy atom. The minimum atomic E-state index is -0.447. The first-order valence-electron chi connectivity index (χ1n) is 8.92. The highest BCUT2D eigenvalue weighted by atomic mass is 32.1. The van der Waals surface area contributed by atoms with Crippen LogP contribution in [-0.2, 0) is 14.3 Å². The van der Waals surface area contributed by atoms with E-state index in [-0.39, 0.29) is 5.90 Å². The number of carbonyl (C=O) groups excluding carboxylic acids is 1. The Morgan fingerprint density at radius 2 is 2.04 bits per heavy atom. The van der Waals surface area contributed by atoms with Crippen LogP contribution in [0.3, 0.4) is 0 Å². The molecule has 1 aromatic carbocycles. The molecule has 0 unspecified atom stereocenters. The van der Waals surface area contributed by atoms with Crippen LogP contribution >= 0.6 is 11.3 Å². The third-order valence-corrected chi connectivity index (χ3v) is 5.35. The molecule has 2 aliphatic rings. The average molecular weight is 384 g/mol. The van der Waals surface area contributed by atoms with Gasteiger partial charge in [-0.05, 0) is 37.3 Å². The first-order valence-corrected chi connectivity index (χ1v) is 9.73. The number of esters is 1. The average Bonchev–Trinajstić information content (AvgIpc) is 3.31. The maximum absolute atomic E-state index is 12.3. The summed E-state index contributed by atoms with van der Waals surface area (Å²) in [5.41, 5.74) is 0.975. The number of rotatable bonds is 5. The van der Waals surface area contributed by atoms with Crippen molar-refractivity contribution in [3.63, 3.8) is 0 Å². The minimum Gasteiger partial charge on any atom is -0.493 e. The van der Waals surface area contributed by atoms with Gasteiger partial charge in [0.2, 0.25) is 5.90 Å². The fraction of sp³-hybridized carbons (Fsp3) is 0.300. The SMILES string of the molecule is CCOc1ccccc1C1=N/C(=C\c2ccc(N3CCOCC3)s2)C(=O)O1. The molecular weight excluding hydrogens is 364 g/mol. The molecule has 6 nitrogen and oxygen atoms in total. The number of thiophene rings is 1. The van der Waals surface area contributed by atoms with Gasteiger partial charge >= 0.3 is 5.97 Å². The first-order chi connectivity index (χ1) is 13.2. The summed E-state index contributed by atoms with van der Waals surface area (Å²) in [4.78, 5) is 19.9. The van der Waals surface area contributed by atoms with Gasteiger partial charge in [-0.25, -0.2) is 9.79 Å². The highest BCUT2D eigenvalue weighted by Crippen LogP contribution is 2.30. The number of morpholine rings is 1. The van der Waals surface area contributed by atoms with Gasteiger partial charge in [0.1, 0.15) is 5.75 Å². The van der Waals surface area contributed by atoms with Crippen molar-refractivity contribution in [3.8, 4) is 5.75 Å². The second-order valence-electron chi connectivity index (χ2n) is 6.04. The molecule has 1 saturated heterocycles. The molecule has 3 heterocycles. The van der Waals surface area contributed by atoms with Gasteiger partial charge in [0.25, 0.3) is 0 Å². The molecule has 2 aromatic rings. The van der Waals surface area contributed by atoms with E-state index in [1.807, 2.05) is 37.3 Å². The molecule has 0 spiro atoms. The summed E-state index contributed by atoms with van der Waals surface area (Å²) >= 11 is 1.63. The van der Waals surface area contributed by atoms with Crippen molar-refractivity contribution in [2.75, 3.05) is 37.8 Å². The number of cyclic esters (lactones) is 1. The van der Waals surface area contributed by atoms with Crippen LogP contribution in [-0.4, -0.2) is 44.8 Å². The van der Waals surface area contributed by atoms with Crippen molar-refractivity contribution in [3.05, 3.63) is 52.5 Å². The van der Waals surface area contributed by atoms with Crippen LogP contribution in [0.2, 0.25) is 0 Å². The molecule has 140 valence electrons. The molecule has 1 fully saturated rings. The topological polar surface area (TPSA) is 60.4 Å². The lowest BCUT2D eigenvalue weighted by atomic mass is 10.2. The van der Waals surface area contributed by atoms with Crippen molar-refractivity contribution in [2.45, 2.75) is 6.92 Å². The van der Waals surface area contributed by atoms with Crippen LogP contribution in [0.1, 0.15) is 17.4 Å². The Bertz CT molecular complexity index is 897. The van der Waals surface area contributed by atoms with E-state index in [1.54, 1.807) is 17.4 Å². The number of carbonyl (C=O) groups is 1. The van der Waals surface area contributed by atoms with Crippen molar-refractivity contribution < 1.29 is 19.0 Å². The predicted octanol–water partition coefficient (Wildman–Crippen LogP) is 3.33. The van der Waals surface area contributed by atoms with Gasteiger partial charge < -0.3 is 19.1 Å². The Hall–Kier alpha value is -2.64. The van der Waals surface area contributed by atoms with Crippen molar-refractivity contribution in [1.82, 2.24) is 0 Å². The van der Waals surface area contributed by atoms with Crippen LogP contribution in [0, 0.1) is 0 Å². The summed E-state index contributed by atoms with van der Waals surface area (Å²) < 4.78 is 16.4. The van der Waals surface area contributed by atoms with E-state index in [0.29, 0.717) is 23.6 Å². The molecule has 0 N–H and O–H groups in total. The minimum absolute atomic E-state index is 0.278. The van der Waals surface area contributed by atoms with Crippen LogP contribution in [0.25, 0.3) is 6.08 Å². The van der Waals surface area contributed by atoms with E-state index < -0.39 is 5.97 Å². The molecule has 7 heteroatoms. The third kappa shape index (κ3) is 3.89. The zero-order chi connectivity index (χ0) is 18.6. The zero-order valence-electron chi connectivity index (χ0n) is 15.0. The van der Waals surface area contributed by atoms with Crippen LogP contribution in [0.4, 0.5) is 5.00 Å². The lowest BCUT2D eigenvalue weighted by molar-refractivity contribution is -0.129. The predicted molar refractivity (Wildman–Crippen MR) is 106 cm³/mol. The lowest BCUT2D eigenvalue weighted by Gasteiger charge is -2.27. The van der Waals surface area contributed by atoms with Crippen LogP contribution in [0.5, 0.6) is 5.75 Å². The third-order valence-electron chi connectivity index (χ3n) is 4.25. The summed E-state index contributed by atoms with van der Waals surface area (Å²) in [7, 11) is 0. The number of ether oxygens (including phenoxy) is 3. The molecule has 0 aliphatic carbocycles. The second kappa shape index (κ2) is 7.94. The number of hydrogen-bond donors (Lipinski definition) is 0. The Kier molecular flexibility index (Phi) is 5.22. The molecule has 1 aromatic heterocycles. The summed E-state index contributed by atoms with van der Waals surface area (Å²) in [6.45, 7) is 5.69. The largest absolute Gasteiger partial charge is 0.493 e. The molecule has 4 rings (SSSR count). The summed E-state index contributed by atoms with van der Waals surface area (Å²) in [5.74, 6) is 0.483. The van der Waals surface area contributed by atoms with Gasteiger partial charge in [-0.15, -0.1) is 11.3 Å². The standard InChI is InChI=1S/C20H20N2O4S/c1-2-25-17-6-4-3-5-15(17)19-21-16(20(23)26-19)13-14-7-8-18(27-14)22-9-11-24-12-10-22/h3-8,13H,2,9-12H2,1H3/b16-13-. The normalized spacial score (nSPS) is 18.6. The van der Waals surface area contributed by atoms with Crippen LogP contribution in [0.15, 0.2) is 47.1 Å². The number of benzene rings is 1. The Balaban J connectivity index is 1.57. The lowest BCUT2D eigenvalue weighted by Crippen LogP contribution is -2.35. The fourth-order valence-corrected chi connectivity index (χ4v) is 3.95. The van der Waals surface area contributed by atoms with E-state index in [9.17, 15) is 4.79 Å². The van der Waals surface area contributed by atoms with E-state index in [0.717, 1.165) is 31.2 Å². The highest BCUT2D eigenvalue weighted by molar-refractivity contribution is 7.16. The number of aliphatic imine (C=N–C) groups is 1. The van der Waals surface area contributed by atoms with Crippen LogP contribution < -0.4 is 9.64 Å². The summed E-state index contributed by atoms with van der Waals surface area (Å²) in [6.07, 6.45) is 1.77. The second-order valence-corrected chi connectivity index (χ2v) is 7.13. The van der Waals surface area contributed by atoms with Crippen molar-refractivity contribution in [1.29, 1.82) is 0 Å².